The van der Waals surface area contributed by atoms with Crippen LogP contribution in [0.1, 0.15) is 33.3 Å². The molecule has 0 aliphatic rings. The zero-order valence-corrected chi connectivity index (χ0v) is 15.1. The van der Waals surface area contributed by atoms with Crippen molar-refractivity contribution in [2.75, 3.05) is 11.9 Å². The molecule has 3 aromatic rings. The molecule has 0 fully saturated rings. The Kier molecular flexibility index (Phi) is 5.67. The topological polar surface area (TPSA) is 81.4 Å². The van der Waals surface area contributed by atoms with Crippen LogP contribution in [0.2, 0.25) is 0 Å². The van der Waals surface area contributed by atoms with Crippen LogP contribution in [-0.2, 0) is 10.9 Å². The number of ether oxygens (including phenoxy) is 1. The third-order valence-corrected chi connectivity index (χ3v) is 3.89. The molecular formula is C20H15F3N2O4. The Morgan fingerprint density at radius 3 is 2.31 bits per heavy atom. The van der Waals surface area contributed by atoms with Crippen LogP contribution < -0.4 is 5.32 Å². The molecule has 0 bridgehead atoms. The summed E-state index contributed by atoms with van der Waals surface area (Å²) in [6.45, 7) is 1.66. The molecule has 9 heteroatoms. The number of halogens is 3. The first-order chi connectivity index (χ1) is 13.8. The molecule has 29 heavy (non-hydrogen) atoms. The lowest BCUT2D eigenvalue weighted by molar-refractivity contribution is -0.137. The van der Waals surface area contributed by atoms with Gasteiger partial charge in [-0.1, -0.05) is 35.5 Å². The van der Waals surface area contributed by atoms with Gasteiger partial charge in [-0.2, -0.15) is 13.2 Å². The fourth-order valence-corrected chi connectivity index (χ4v) is 2.56. The number of aromatic nitrogens is 1. The molecule has 0 saturated heterocycles. The Morgan fingerprint density at radius 1 is 1.07 bits per heavy atom. The lowest BCUT2D eigenvalue weighted by Crippen LogP contribution is -2.18. The second-order valence-corrected chi connectivity index (χ2v) is 5.85. The van der Waals surface area contributed by atoms with Crippen molar-refractivity contribution >= 4 is 17.6 Å². The summed E-state index contributed by atoms with van der Waals surface area (Å²) < 4.78 is 48.2. The highest BCUT2D eigenvalue weighted by molar-refractivity contribution is 6.13. The second-order valence-electron chi connectivity index (χ2n) is 5.85. The van der Waals surface area contributed by atoms with Gasteiger partial charge in [0.25, 0.3) is 5.91 Å². The van der Waals surface area contributed by atoms with Gasteiger partial charge in [-0.3, -0.25) is 4.79 Å². The molecule has 0 aliphatic carbocycles. The van der Waals surface area contributed by atoms with E-state index < -0.39 is 23.6 Å². The van der Waals surface area contributed by atoms with Gasteiger partial charge >= 0.3 is 12.1 Å². The number of anilines is 1. The molecule has 1 amide bonds. The zero-order valence-electron chi connectivity index (χ0n) is 15.1. The maximum atomic E-state index is 12.8. The quantitative estimate of drug-likeness (QED) is 0.619. The molecular weight excluding hydrogens is 389 g/mol. The number of carbonyl (C=O) groups is 2. The van der Waals surface area contributed by atoms with E-state index in [4.69, 9.17) is 9.26 Å². The molecule has 1 heterocycles. The van der Waals surface area contributed by atoms with Gasteiger partial charge < -0.3 is 14.6 Å². The molecule has 6 nitrogen and oxygen atoms in total. The van der Waals surface area contributed by atoms with Crippen molar-refractivity contribution in [2.24, 2.45) is 0 Å². The minimum atomic E-state index is -4.49. The highest BCUT2D eigenvalue weighted by Gasteiger charge is 2.31. The normalized spacial score (nSPS) is 11.2. The SMILES string of the molecule is CCOC(=O)c1noc(-c2ccccc2)c1C(=O)Nc1ccc(C(F)(F)F)cc1. The second kappa shape index (κ2) is 8.17. The van der Waals surface area contributed by atoms with Gasteiger partial charge in [0.1, 0.15) is 5.56 Å². The van der Waals surface area contributed by atoms with E-state index in [1.807, 2.05) is 0 Å². The first-order valence-corrected chi connectivity index (χ1v) is 8.52. The fraction of sp³-hybridized carbons (Fsp3) is 0.150. The Bertz CT molecular complexity index is 1010. The minimum Gasteiger partial charge on any atom is -0.461 e. The molecule has 1 N–H and O–H groups in total. The van der Waals surface area contributed by atoms with E-state index in [0.29, 0.717) is 5.56 Å². The molecule has 3 rings (SSSR count). The Balaban J connectivity index is 1.96. The van der Waals surface area contributed by atoms with Gasteiger partial charge in [0.15, 0.2) is 5.76 Å². The van der Waals surface area contributed by atoms with Crippen LogP contribution >= 0.6 is 0 Å². The van der Waals surface area contributed by atoms with Gasteiger partial charge in [-0.15, -0.1) is 0 Å². The van der Waals surface area contributed by atoms with E-state index in [2.05, 4.69) is 10.5 Å². The van der Waals surface area contributed by atoms with Crippen LogP contribution in [0.15, 0.2) is 59.1 Å². The van der Waals surface area contributed by atoms with E-state index in [9.17, 15) is 22.8 Å². The van der Waals surface area contributed by atoms with E-state index in [1.54, 1.807) is 37.3 Å². The number of nitrogens with one attached hydrogen (secondary N) is 1. The fourth-order valence-electron chi connectivity index (χ4n) is 2.56. The minimum absolute atomic E-state index is 0.0399. The van der Waals surface area contributed by atoms with Crippen molar-refractivity contribution in [1.82, 2.24) is 5.16 Å². The van der Waals surface area contributed by atoms with E-state index in [1.165, 1.54) is 0 Å². The standard InChI is InChI=1S/C20H15F3N2O4/c1-2-28-19(27)16-15(17(29-25-16)12-6-4-3-5-7-12)18(26)24-14-10-8-13(9-11-14)20(21,22)23/h3-11H,2H2,1H3,(H,24,26). The number of hydrogen-bond acceptors (Lipinski definition) is 5. The van der Waals surface area contributed by atoms with Gasteiger partial charge in [0.05, 0.1) is 12.2 Å². The first kappa shape index (κ1) is 20.1. The summed E-state index contributed by atoms with van der Waals surface area (Å²) in [6.07, 6.45) is -4.49. The van der Waals surface area contributed by atoms with Crippen molar-refractivity contribution in [3.8, 4) is 11.3 Å². The summed E-state index contributed by atoms with van der Waals surface area (Å²) in [6, 6.07) is 12.4. The predicted octanol–water partition coefficient (Wildman–Crippen LogP) is 4.79. The maximum Gasteiger partial charge on any atom is 0.416 e. The van der Waals surface area contributed by atoms with Gasteiger partial charge in [0.2, 0.25) is 5.69 Å². The summed E-state index contributed by atoms with van der Waals surface area (Å²) in [7, 11) is 0. The van der Waals surface area contributed by atoms with E-state index >= 15 is 0 Å². The predicted molar refractivity (Wildman–Crippen MR) is 97.3 cm³/mol. The average molecular weight is 404 g/mol. The van der Waals surface area contributed by atoms with Crippen molar-refractivity contribution in [3.05, 3.63) is 71.4 Å². The Morgan fingerprint density at radius 2 is 1.72 bits per heavy atom. The number of carbonyl (C=O) groups excluding carboxylic acids is 2. The molecule has 2 aromatic carbocycles. The highest BCUT2D eigenvalue weighted by atomic mass is 19.4. The molecule has 0 unspecified atom stereocenters. The van der Waals surface area contributed by atoms with Crippen LogP contribution in [-0.4, -0.2) is 23.6 Å². The summed E-state index contributed by atoms with van der Waals surface area (Å²) in [5.74, 6) is -1.58. The molecule has 0 aliphatic heterocycles. The number of benzene rings is 2. The van der Waals surface area contributed by atoms with Crippen molar-refractivity contribution in [3.63, 3.8) is 0 Å². The maximum absolute atomic E-state index is 12.8. The highest BCUT2D eigenvalue weighted by Crippen LogP contribution is 2.31. The van der Waals surface area contributed by atoms with Crippen LogP contribution in [0.5, 0.6) is 0 Å². The number of amides is 1. The van der Waals surface area contributed by atoms with Crippen LogP contribution in [0.3, 0.4) is 0 Å². The number of rotatable bonds is 5. The van der Waals surface area contributed by atoms with Crippen molar-refractivity contribution < 1.29 is 32.0 Å². The van der Waals surface area contributed by atoms with E-state index in [-0.39, 0.29) is 29.3 Å². The first-order valence-electron chi connectivity index (χ1n) is 8.52. The molecule has 0 saturated carbocycles. The lowest BCUT2D eigenvalue weighted by Gasteiger charge is -2.09. The number of hydrogen-bond donors (Lipinski definition) is 1. The third-order valence-electron chi connectivity index (χ3n) is 3.89. The van der Waals surface area contributed by atoms with E-state index in [0.717, 1.165) is 24.3 Å². The summed E-state index contributed by atoms with van der Waals surface area (Å²) >= 11 is 0. The van der Waals surface area contributed by atoms with Crippen LogP contribution in [0, 0.1) is 0 Å². The molecule has 1 aromatic heterocycles. The third kappa shape index (κ3) is 4.45. The van der Waals surface area contributed by atoms with Crippen molar-refractivity contribution in [1.29, 1.82) is 0 Å². The molecule has 150 valence electrons. The number of alkyl halides is 3. The zero-order chi connectivity index (χ0) is 21.0. The summed E-state index contributed by atoms with van der Waals surface area (Å²) in [4.78, 5) is 25.0. The summed E-state index contributed by atoms with van der Waals surface area (Å²) in [5, 5.41) is 6.12. The smallest absolute Gasteiger partial charge is 0.416 e. The van der Waals surface area contributed by atoms with Crippen molar-refractivity contribution in [2.45, 2.75) is 13.1 Å². The molecule has 0 spiro atoms. The molecule has 0 atom stereocenters. The summed E-state index contributed by atoms with van der Waals surface area (Å²) in [5.41, 5.74) is -0.742. The molecule has 0 radical (unpaired) electrons. The largest absolute Gasteiger partial charge is 0.461 e. The van der Waals surface area contributed by atoms with Crippen LogP contribution in [0.4, 0.5) is 18.9 Å². The Labute approximate surface area is 163 Å². The van der Waals surface area contributed by atoms with Gasteiger partial charge in [-0.25, -0.2) is 4.79 Å². The van der Waals surface area contributed by atoms with Gasteiger partial charge in [0, 0.05) is 11.3 Å². The van der Waals surface area contributed by atoms with Gasteiger partial charge in [-0.05, 0) is 31.2 Å². The number of nitrogens with zero attached hydrogens (tertiary/aromatic N) is 1. The number of esters is 1. The van der Waals surface area contributed by atoms with Crippen LogP contribution in [0.25, 0.3) is 11.3 Å². The lowest BCUT2D eigenvalue weighted by atomic mass is 10.1. The average Bonchev–Trinajstić information content (AvgIpc) is 3.14. The monoisotopic (exact) mass is 404 g/mol. The Hall–Kier alpha value is -3.62.